The molecule has 6 nitrogen and oxygen atoms in total. The number of benzene rings is 2. The minimum Gasteiger partial charge on any atom is -0.462 e. The lowest BCUT2D eigenvalue weighted by atomic mass is 9.84. The largest absolute Gasteiger partial charge is 0.462 e. The molecular formula is C32H42N2O4. The van der Waals surface area contributed by atoms with Gasteiger partial charge in [-0.15, -0.1) is 6.58 Å². The fraction of sp³-hybridized carbons (Fsp3) is 0.438. The molecule has 0 aliphatic heterocycles. The van der Waals surface area contributed by atoms with Crippen molar-refractivity contribution in [3.63, 3.8) is 0 Å². The third-order valence-corrected chi connectivity index (χ3v) is 7.18. The minimum atomic E-state index is -0.439. The predicted molar refractivity (Wildman–Crippen MR) is 154 cm³/mol. The summed E-state index contributed by atoms with van der Waals surface area (Å²) in [6.07, 6.45) is 17.3. The van der Waals surface area contributed by atoms with Crippen LogP contribution >= 0.6 is 0 Å². The molecule has 0 radical (unpaired) electrons. The molecule has 0 spiro atoms. The Hall–Kier alpha value is -3.54. The molecule has 0 unspecified atom stereocenters. The van der Waals surface area contributed by atoms with Gasteiger partial charge in [-0.3, -0.25) is 0 Å². The van der Waals surface area contributed by atoms with Gasteiger partial charge in [-0.2, -0.15) is 0 Å². The summed E-state index contributed by atoms with van der Waals surface area (Å²) in [5.41, 5.74) is 15.0. The van der Waals surface area contributed by atoms with Gasteiger partial charge in [0.25, 0.3) is 0 Å². The third-order valence-electron chi connectivity index (χ3n) is 7.18. The topological polar surface area (TPSA) is 105 Å². The Labute approximate surface area is 227 Å². The van der Waals surface area contributed by atoms with Gasteiger partial charge in [0.05, 0.1) is 12.2 Å². The number of esters is 2. The molecule has 0 saturated heterocycles. The lowest BCUT2D eigenvalue weighted by Crippen LogP contribution is -2.24. The van der Waals surface area contributed by atoms with E-state index < -0.39 is 5.97 Å². The van der Waals surface area contributed by atoms with E-state index in [0.717, 1.165) is 49.1 Å². The summed E-state index contributed by atoms with van der Waals surface area (Å²) in [4.78, 5) is 24.6. The maximum absolute atomic E-state index is 12.6. The molecule has 2 aromatic rings. The Balaban J connectivity index is 1.33. The van der Waals surface area contributed by atoms with Gasteiger partial charge in [0, 0.05) is 23.9 Å². The molecular weight excluding hydrogens is 476 g/mol. The Kier molecular flexibility index (Phi) is 12.0. The van der Waals surface area contributed by atoms with E-state index in [2.05, 4.69) is 6.58 Å². The highest BCUT2D eigenvalue weighted by atomic mass is 16.5. The van der Waals surface area contributed by atoms with Crippen LogP contribution in [-0.2, 0) is 20.7 Å². The molecule has 0 amide bonds. The van der Waals surface area contributed by atoms with E-state index in [1.165, 1.54) is 38.2 Å². The molecule has 3 rings (SSSR count). The van der Waals surface area contributed by atoms with Crippen LogP contribution in [0.4, 0.5) is 11.4 Å². The van der Waals surface area contributed by atoms with Crippen molar-refractivity contribution in [2.24, 2.45) is 5.92 Å². The van der Waals surface area contributed by atoms with Crippen LogP contribution in [0.2, 0.25) is 0 Å². The lowest BCUT2D eigenvalue weighted by molar-refractivity contribution is -0.137. The summed E-state index contributed by atoms with van der Waals surface area (Å²) in [6, 6.07) is 12.3. The number of carbonyl (C=O) groups excluding carboxylic acids is 2. The van der Waals surface area contributed by atoms with E-state index in [1.54, 1.807) is 42.5 Å². The van der Waals surface area contributed by atoms with E-state index in [-0.39, 0.29) is 18.7 Å². The van der Waals surface area contributed by atoms with E-state index >= 15 is 0 Å². The number of hydrogen-bond donors (Lipinski definition) is 2. The zero-order valence-electron chi connectivity index (χ0n) is 22.4. The second kappa shape index (κ2) is 15.7. The fourth-order valence-corrected chi connectivity index (χ4v) is 4.88. The Morgan fingerprint density at radius 2 is 1.68 bits per heavy atom. The Bertz CT molecular complexity index is 1070. The number of ether oxygens (including phenoxy) is 2. The summed E-state index contributed by atoms with van der Waals surface area (Å²) < 4.78 is 11.0. The zero-order valence-corrected chi connectivity index (χ0v) is 22.4. The van der Waals surface area contributed by atoms with Crippen molar-refractivity contribution in [3.8, 4) is 0 Å². The Morgan fingerprint density at radius 3 is 2.39 bits per heavy atom. The van der Waals surface area contributed by atoms with Crippen LogP contribution in [0.5, 0.6) is 0 Å². The van der Waals surface area contributed by atoms with Crippen LogP contribution in [0.3, 0.4) is 0 Å². The monoisotopic (exact) mass is 518 g/mol. The van der Waals surface area contributed by atoms with Gasteiger partial charge in [0.2, 0.25) is 0 Å². The number of nitrogen functional groups attached to an aromatic ring is 2. The molecule has 6 heteroatoms. The second-order valence-electron chi connectivity index (χ2n) is 10.2. The number of carbonyl (C=O) groups is 2. The van der Waals surface area contributed by atoms with Crippen LogP contribution in [0.1, 0.15) is 85.7 Å². The lowest BCUT2D eigenvalue weighted by Gasteiger charge is -2.28. The average molecular weight is 519 g/mol. The van der Waals surface area contributed by atoms with Gasteiger partial charge in [-0.25, -0.2) is 9.59 Å². The molecule has 0 aromatic heterocycles. The van der Waals surface area contributed by atoms with Crippen molar-refractivity contribution in [1.29, 1.82) is 0 Å². The predicted octanol–water partition coefficient (Wildman–Crippen LogP) is 6.89. The number of allylic oxidation sites excluding steroid dienone is 1. The smallest absolute Gasteiger partial charge is 0.338 e. The third kappa shape index (κ3) is 10.1. The average Bonchev–Trinajstić information content (AvgIpc) is 2.92. The van der Waals surface area contributed by atoms with Crippen molar-refractivity contribution in [1.82, 2.24) is 0 Å². The number of unbranched alkanes of at least 4 members (excludes halogenated alkanes) is 4. The van der Waals surface area contributed by atoms with Crippen LogP contribution < -0.4 is 11.5 Å². The van der Waals surface area contributed by atoms with Gasteiger partial charge < -0.3 is 20.9 Å². The summed E-state index contributed by atoms with van der Waals surface area (Å²) >= 11 is 0. The number of anilines is 2. The molecule has 1 aliphatic rings. The highest BCUT2D eigenvalue weighted by molar-refractivity contribution is 5.90. The molecule has 2 aromatic carbocycles. The summed E-state index contributed by atoms with van der Waals surface area (Å²) in [5, 5.41) is 0. The second-order valence-corrected chi connectivity index (χ2v) is 10.2. The van der Waals surface area contributed by atoms with Crippen molar-refractivity contribution in [2.75, 3.05) is 18.1 Å². The molecule has 4 N–H and O–H groups in total. The van der Waals surface area contributed by atoms with Crippen LogP contribution in [0, 0.1) is 5.92 Å². The molecule has 0 bridgehead atoms. The summed E-state index contributed by atoms with van der Waals surface area (Å²) in [5.74, 6) is 0.0382. The van der Waals surface area contributed by atoms with Crippen molar-refractivity contribution in [2.45, 2.75) is 76.7 Å². The highest BCUT2D eigenvalue weighted by Gasteiger charge is 2.24. The first-order chi connectivity index (χ1) is 18.4. The zero-order chi connectivity index (χ0) is 27.2. The van der Waals surface area contributed by atoms with Crippen molar-refractivity contribution >= 4 is 29.4 Å². The standard InChI is InChI=1S/C32H42N2O4/c1-2-3-4-5-6-7-8-24-11-18-29(19-12-24)38-32(36)27-14-9-25(10-15-27)13-20-31(35)37-22-21-26-16-17-28(33)23-30(26)34/h2,9-10,13-17,20,23-24,29H,1,3-8,11-12,18-19,21-22,33-34H2. The van der Waals surface area contributed by atoms with Gasteiger partial charge in [0.15, 0.2) is 0 Å². The maximum atomic E-state index is 12.6. The van der Waals surface area contributed by atoms with E-state index in [9.17, 15) is 9.59 Å². The van der Waals surface area contributed by atoms with Gasteiger partial charge in [-0.1, -0.05) is 50.0 Å². The normalized spacial score (nSPS) is 17.3. The minimum absolute atomic E-state index is 0.00396. The van der Waals surface area contributed by atoms with E-state index in [1.807, 2.05) is 12.1 Å². The van der Waals surface area contributed by atoms with Crippen LogP contribution in [0.25, 0.3) is 6.08 Å². The number of rotatable bonds is 14. The molecule has 204 valence electrons. The molecule has 1 aliphatic carbocycles. The van der Waals surface area contributed by atoms with Crippen molar-refractivity contribution < 1.29 is 19.1 Å². The molecule has 1 fully saturated rings. The first-order valence-corrected chi connectivity index (χ1v) is 13.8. The summed E-state index contributed by atoms with van der Waals surface area (Å²) in [7, 11) is 0. The SMILES string of the molecule is C=CCCCCCCC1CCC(OC(=O)c2ccc(C=CC(=O)OCCc3ccc(N)cc3N)cc2)CC1. The summed E-state index contributed by atoms with van der Waals surface area (Å²) in [6.45, 7) is 4.00. The van der Waals surface area contributed by atoms with Crippen LogP contribution in [0.15, 0.2) is 61.2 Å². The molecule has 0 atom stereocenters. The van der Waals surface area contributed by atoms with Gasteiger partial charge in [0.1, 0.15) is 6.10 Å². The number of nitrogens with two attached hydrogens (primary N) is 2. The van der Waals surface area contributed by atoms with E-state index in [0.29, 0.717) is 23.4 Å². The number of hydrogen-bond acceptors (Lipinski definition) is 6. The highest BCUT2D eigenvalue weighted by Crippen LogP contribution is 2.30. The molecule has 0 heterocycles. The van der Waals surface area contributed by atoms with Crippen LogP contribution in [-0.4, -0.2) is 24.6 Å². The van der Waals surface area contributed by atoms with E-state index in [4.69, 9.17) is 20.9 Å². The van der Waals surface area contributed by atoms with Crippen molar-refractivity contribution in [3.05, 3.63) is 77.9 Å². The molecule has 38 heavy (non-hydrogen) atoms. The first-order valence-electron chi connectivity index (χ1n) is 13.8. The first kappa shape index (κ1) is 29.0. The van der Waals surface area contributed by atoms with Gasteiger partial charge in [-0.05, 0) is 85.9 Å². The Morgan fingerprint density at radius 1 is 0.947 bits per heavy atom. The molecule has 1 saturated carbocycles. The fourth-order valence-electron chi connectivity index (χ4n) is 4.88. The quantitative estimate of drug-likeness (QED) is 0.0927. The van der Waals surface area contributed by atoms with Gasteiger partial charge >= 0.3 is 11.9 Å². The maximum Gasteiger partial charge on any atom is 0.338 e.